The quantitative estimate of drug-likeness (QED) is 0.317. The number of amides is 1. The van der Waals surface area contributed by atoms with Crippen LogP contribution in [0.3, 0.4) is 0 Å². The highest BCUT2D eigenvalue weighted by Crippen LogP contribution is 2.28. The highest BCUT2D eigenvalue weighted by atomic mass is 35.5. The van der Waals surface area contributed by atoms with Gasteiger partial charge in [0, 0.05) is 17.1 Å². The summed E-state index contributed by atoms with van der Waals surface area (Å²) in [7, 11) is 3.20. The maximum absolute atomic E-state index is 13.6. The van der Waals surface area contributed by atoms with Crippen molar-refractivity contribution in [3.63, 3.8) is 0 Å². The van der Waals surface area contributed by atoms with Crippen molar-refractivity contribution in [2.75, 3.05) is 14.2 Å². The first-order valence-electron chi connectivity index (χ1n) is 10.3. The third-order valence-corrected chi connectivity index (χ3v) is 6.41. The average molecular weight is 517 g/mol. The minimum atomic E-state index is -0.600. The van der Waals surface area contributed by atoms with E-state index < -0.39 is 6.04 Å². The number of benzene rings is 3. The van der Waals surface area contributed by atoms with E-state index in [1.54, 1.807) is 75.7 Å². The fraction of sp³-hybridized carbons (Fsp3) is 0.160. The molecule has 4 rings (SSSR count). The van der Waals surface area contributed by atoms with Crippen molar-refractivity contribution in [3.8, 4) is 11.4 Å². The number of hydrogen-bond acceptors (Lipinski definition) is 4. The summed E-state index contributed by atoms with van der Waals surface area (Å²) in [4.78, 5) is 33.1. The molecule has 1 aromatic heterocycles. The lowest BCUT2D eigenvalue weighted by molar-refractivity contribution is 0.0735. The third kappa shape index (κ3) is 4.49. The second-order valence-corrected chi connectivity index (χ2v) is 8.97. The summed E-state index contributed by atoms with van der Waals surface area (Å²) in [6, 6.07) is 16.0. The molecule has 0 saturated carbocycles. The standard InChI is InChI=1S/C25H20Cl3N3O3/c1-14(30(2)24(32)19-10-4-15(26)12-21(19)28)23-29-22-13-16(27)5-11-20(22)25(33)31(23)17-6-8-18(34-3)9-7-17/h4-14H,1-3H3. The van der Waals surface area contributed by atoms with Gasteiger partial charge in [0.25, 0.3) is 11.5 Å². The van der Waals surface area contributed by atoms with Gasteiger partial charge < -0.3 is 9.64 Å². The van der Waals surface area contributed by atoms with E-state index in [0.717, 1.165) is 0 Å². The molecule has 4 aromatic rings. The molecule has 1 unspecified atom stereocenters. The Bertz CT molecular complexity index is 1450. The van der Waals surface area contributed by atoms with Crippen LogP contribution < -0.4 is 10.3 Å². The maximum Gasteiger partial charge on any atom is 0.266 e. The molecular formula is C25H20Cl3N3O3. The van der Waals surface area contributed by atoms with Crippen LogP contribution in [0.2, 0.25) is 15.1 Å². The number of ether oxygens (including phenoxy) is 1. The lowest BCUT2D eigenvalue weighted by Gasteiger charge is -2.27. The van der Waals surface area contributed by atoms with Crippen LogP contribution in [0.15, 0.2) is 65.5 Å². The highest BCUT2D eigenvalue weighted by Gasteiger charge is 2.26. The maximum atomic E-state index is 13.6. The second-order valence-electron chi connectivity index (χ2n) is 7.69. The van der Waals surface area contributed by atoms with E-state index in [2.05, 4.69) is 0 Å². The van der Waals surface area contributed by atoms with Crippen LogP contribution in [0.1, 0.15) is 29.1 Å². The van der Waals surface area contributed by atoms with E-state index in [-0.39, 0.29) is 16.5 Å². The van der Waals surface area contributed by atoms with Crippen LogP contribution >= 0.6 is 34.8 Å². The smallest absolute Gasteiger partial charge is 0.266 e. The molecule has 3 aromatic carbocycles. The topological polar surface area (TPSA) is 64.4 Å². The molecule has 0 saturated heterocycles. The first kappa shape index (κ1) is 24.1. The summed E-state index contributed by atoms with van der Waals surface area (Å²) < 4.78 is 6.74. The molecule has 174 valence electrons. The lowest BCUT2D eigenvalue weighted by Crippen LogP contribution is -2.35. The number of halogens is 3. The Morgan fingerprint density at radius 3 is 2.29 bits per heavy atom. The van der Waals surface area contributed by atoms with Crippen molar-refractivity contribution in [2.45, 2.75) is 13.0 Å². The number of carbonyl (C=O) groups excluding carboxylic acids is 1. The number of nitrogens with zero attached hydrogens (tertiary/aromatic N) is 3. The molecule has 0 spiro atoms. The molecule has 6 nitrogen and oxygen atoms in total. The molecule has 0 aliphatic heterocycles. The third-order valence-electron chi connectivity index (χ3n) is 5.62. The monoisotopic (exact) mass is 515 g/mol. The van der Waals surface area contributed by atoms with Gasteiger partial charge in [0.05, 0.1) is 40.3 Å². The molecule has 0 radical (unpaired) electrons. The van der Waals surface area contributed by atoms with Crippen LogP contribution in [0.25, 0.3) is 16.6 Å². The van der Waals surface area contributed by atoms with Crippen molar-refractivity contribution in [1.82, 2.24) is 14.5 Å². The van der Waals surface area contributed by atoms with Gasteiger partial charge in [-0.3, -0.25) is 14.2 Å². The Morgan fingerprint density at radius 2 is 1.65 bits per heavy atom. The van der Waals surface area contributed by atoms with Crippen LogP contribution in [0, 0.1) is 0 Å². The molecule has 0 N–H and O–H groups in total. The first-order valence-corrected chi connectivity index (χ1v) is 11.4. The fourth-order valence-electron chi connectivity index (χ4n) is 3.64. The molecule has 1 atom stereocenters. The second kappa shape index (κ2) is 9.66. The van der Waals surface area contributed by atoms with Gasteiger partial charge in [-0.1, -0.05) is 34.8 Å². The number of carbonyl (C=O) groups is 1. The summed E-state index contributed by atoms with van der Waals surface area (Å²) in [5.74, 6) is 0.679. The minimum Gasteiger partial charge on any atom is -0.497 e. The lowest BCUT2D eigenvalue weighted by atomic mass is 10.1. The molecule has 9 heteroatoms. The van der Waals surface area contributed by atoms with Crippen molar-refractivity contribution in [3.05, 3.63) is 97.5 Å². The van der Waals surface area contributed by atoms with Crippen LogP contribution in [0.4, 0.5) is 0 Å². The SMILES string of the molecule is COc1ccc(-n2c(C(C)N(C)C(=O)c3ccc(Cl)cc3Cl)nc3cc(Cl)ccc3c2=O)cc1. The van der Waals surface area contributed by atoms with E-state index in [0.29, 0.717) is 43.8 Å². The van der Waals surface area contributed by atoms with E-state index in [1.807, 2.05) is 0 Å². The van der Waals surface area contributed by atoms with E-state index in [4.69, 9.17) is 44.5 Å². The number of fused-ring (bicyclic) bond motifs is 1. The van der Waals surface area contributed by atoms with Crippen molar-refractivity contribution in [1.29, 1.82) is 0 Å². The summed E-state index contributed by atoms with van der Waals surface area (Å²) in [5, 5.41) is 1.53. The number of rotatable bonds is 5. The molecular weight excluding hydrogens is 497 g/mol. The molecule has 0 fully saturated rings. The Hall–Kier alpha value is -3.06. The predicted octanol–water partition coefficient (Wildman–Crippen LogP) is 6.19. The van der Waals surface area contributed by atoms with E-state index in [1.165, 1.54) is 15.5 Å². The number of hydrogen-bond donors (Lipinski definition) is 0. The van der Waals surface area contributed by atoms with Crippen molar-refractivity contribution in [2.24, 2.45) is 0 Å². The van der Waals surface area contributed by atoms with Gasteiger partial charge in [0.1, 0.15) is 11.6 Å². The van der Waals surface area contributed by atoms with Gasteiger partial charge in [-0.15, -0.1) is 0 Å². The largest absolute Gasteiger partial charge is 0.497 e. The first-order chi connectivity index (χ1) is 16.2. The number of methoxy groups -OCH3 is 1. The molecule has 0 bridgehead atoms. The van der Waals surface area contributed by atoms with Gasteiger partial charge in [0.15, 0.2) is 0 Å². The average Bonchev–Trinajstić information content (AvgIpc) is 2.82. The van der Waals surface area contributed by atoms with Gasteiger partial charge in [-0.25, -0.2) is 4.98 Å². The Balaban J connectivity index is 1.88. The predicted molar refractivity (Wildman–Crippen MR) is 136 cm³/mol. The van der Waals surface area contributed by atoms with E-state index in [9.17, 15) is 9.59 Å². The van der Waals surface area contributed by atoms with Crippen LogP contribution in [0.5, 0.6) is 5.75 Å². The fourth-order valence-corrected chi connectivity index (χ4v) is 4.29. The van der Waals surface area contributed by atoms with Gasteiger partial charge in [0.2, 0.25) is 0 Å². The summed E-state index contributed by atoms with van der Waals surface area (Å²) in [6.07, 6.45) is 0. The zero-order valence-corrected chi connectivity index (χ0v) is 20.8. The van der Waals surface area contributed by atoms with Crippen molar-refractivity contribution >= 4 is 51.6 Å². The zero-order valence-electron chi connectivity index (χ0n) is 18.6. The molecule has 34 heavy (non-hydrogen) atoms. The summed E-state index contributed by atoms with van der Waals surface area (Å²) in [6.45, 7) is 1.79. The molecule has 0 aliphatic rings. The van der Waals surface area contributed by atoms with Gasteiger partial charge in [-0.2, -0.15) is 0 Å². The van der Waals surface area contributed by atoms with Crippen LogP contribution in [-0.4, -0.2) is 34.5 Å². The van der Waals surface area contributed by atoms with E-state index >= 15 is 0 Å². The van der Waals surface area contributed by atoms with Gasteiger partial charge in [-0.05, 0) is 67.6 Å². The Labute approximate surface area is 211 Å². The Kier molecular flexibility index (Phi) is 6.84. The minimum absolute atomic E-state index is 0.238. The number of aromatic nitrogens is 2. The van der Waals surface area contributed by atoms with Gasteiger partial charge >= 0.3 is 0 Å². The molecule has 0 aliphatic carbocycles. The van der Waals surface area contributed by atoms with Crippen LogP contribution in [-0.2, 0) is 0 Å². The Morgan fingerprint density at radius 1 is 1.00 bits per heavy atom. The molecule has 1 amide bonds. The summed E-state index contributed by atoms with van der Waals surface area (Å²) >= 11 is 18.4. The molecule has 1 heterocycles. The zero-order chi connectivity index (χ0) is 24.6. The highest BCUT2D eigenvalue weighted by molar-refractivity contribution is 6.36. The normalized spacial score (nSPS) is 11.9. The van der Waals surface area contributed by atoms with Crippen molar-refractivity contribution < 1.29 is 9.53 Å². The summed E-state index contributed by atoms with van der Waals surface area (Å²) in [5.41, 5.74) is 1.04.